The molecule has 2 rings (SSSR count). The number of nitrogens with zero attached hydrogens (tertiary/aromatic N) is 1. The van der Waals surface area contributed by atoms with Crippen molar-refractivity contribution in [3.8, 4) is 0 Å². The monoisotopic (exact) mass is 358 g/mol. The molecule has 0 radical (unpaired) electrons. The molecule has 1 aromatic carbocycles. The van der Waals surface area contributed by atoms with E-state index in [0.717, 1.165) is 17.0 Å². The molecule has 0 bridgehead atoms. The number of benzene rings is 1. The van der Waals surface area contributed by atoms with Gasteiger partial charge in [0.2, 0.25) is 0 Å². The van der Waals surface area contributed by atoms with E-state index >= 15 is 0 Å². The Morgan fingerprint density at radius 1 is 1.53 bits per heavy atom. The summed E-state index contributed by atoms with van der Waals surface area (Å²) >= 11 is 10.7. The van der Waals surface area contributed by atoms with E-state index in [4.69, 9.17) is 11.6 Å². The van der Waals surface area contributed by atoms with Crippen LogP contribution in [0.2, 0.25) is 5.02 Å². The third-order valence-electron chi connectivity index (χ3n) is 2.62. The van der Waals surface area contributed by atoms with E-state index in [0.29, 0.717) is 20.2 Å². The van der Waals surface area contributed by atoms with Crippen molar-refractivity contribution < 1.29 is 4.79 Å². The number of aryl methyl sites for hydroxylation is 2. The number of aromatic nitrogens is 1. The molecule has 100 valence electrons. The van der Waals surface area contributed by atoms with Crippen LogP contribution in [-0.4, -0.2) is 10.9 Å². The van der Waals surface area contributed by atoms with Crippen LogP contribution in [0.3, 0.4) is 0 Å². The summed E-state index contributed by atoms with van der Waals surface area (Å²) in [7, 11) is 0. The summed E-state index contributed by atoms with van der Waals surface area (Å²) in [6.45, 7) is 4.04. The van der Waals surface area contributed by atoms with E-state index < -0.39 is 0 Å². The van der Waals surface area contributed by atoms with Crippen molar-refractivity contribution in [2.75, 3.05) is 5.32 Å². The number of thiazole rings is 1. The number of rotatable bonds is 3. The van der Waals surface area contributed by atoms with Gasteiger partial charge in [-0.15, -0.1) is 11.3 Å². The average molecular weight is 360 g/mol. The van der Waals surface area contributed by atoms with Crippen LogP contribution in [0.4, 0.5) is 5.13 Å². The molecular formula is C13H12BrClN2OS. The van der Waals surface area contributed by atoms with Gasteiger partial charge in [0.25, 0.3) is 5.91 Å². The number of halogens is 2. The van der Waals surface area contributed by atoms with Gasteiger partial charge in [-0.3, -0.25) is 10.1 Å². The first-order valence-corrected chi connectivity index (χ1v) is 7.72. The molecule has 1 aromatic heterocycles. The maximum atomic E-state index is 12.2. The fourth-order valence-electron chi connectivity index (χ4n) is 1.65. The van der Waals surface area contributed by atoms with Crippen molar-refractivity contribution in [1.29, 1.82) is 0 Å². The number of hydrogen-bond acceptors (Lipinski definition) is 3. The van der Waals surface area contributed by atoms with E-state index in [-0.39, 0.29) is 5.91 Å². The maximum absolute atomic E-state index is 12.2. The number of amides is 1. The van der Waals surface area contributed by atoms with E-state index in [9.17, 15) is 4.79 Å². The molecular weight excluding hydrogens is 348 g/mol. The molecule has 0 spiro atoms. The third kappa shape index (κ3) is 3.35. The summed E-state index contributed by atoms with van der Waals surface area (Å²) in [4.78, 5) is 17.7. The Hall–Kier alpha value is -0.910. The molecule has 0 aliphatic heterocycles. The lowest BCUT2D eigenvalue weighted by atomic mass is 10.2. The lowest BCUT2D eigenvalue weighted by molar-refractivity contribution is 0.102. The summed E-state index contributed by atoms with van der Waals surface area (Å²) in [5, 5.41) is 3.94. The first-order chi connectivity index (χ1) is 9.01. The van der Waals surface area contributed by atoms with E-state index in [1.54, 1.807) is 18.2 Å². The second kappa shape index (κ2) is 6.03. The fourth-order valence-corrected chi connectivity index (χ4v) is 3.14. The van der Waals surface area contributed by atoms with Crippen LogP contribution in [0, 0.1) is 6.92 Å². The van der Waals surface area contributed by atoms with E-state index in [1.807, 2.05) is 13.8 Å². The topological polar surface area (TPSA) is 42.0 Å². The van der Waals surface area contributed by atoms with Crippen molar-refractivity contribution in [3.05, 3.63) is 43.8 Å². The predicted molar refractivity (Wildman–Crippen MR) is 83.3 cm³/mol. The normalized spacial score (nSPS) is 10.5. The molecule has 1 heterocycles. The van der Waals surface area contributed by atoms with Crippen molar-refractivity contribution in [2.45, 2.75) is 20.3 Å². The molecule has 0 aliphatic rings. The Balaban J connectivity index is 2.22. The zero-order chi connectivity index (χ0) is 14.0. The molecule has 0 aliphatic carbocycles. The Kier molecular flexibility index (Phi) is 4.60. The van der Waals surface area contributed by atoms with Crippen LogP contribution in [0.1, 0.15) is 27.9 Å². The van der Waals surface area contributed by atoms with Crippen LogP contribution in [0.5, 0.6) is 0 Å². The summed E-state index contributed by atoms with van der Waals surface area (Å²) in [6, 6.07) is 5.11. The predicted octanol–water partition coefficient (Wildman–Crippen LogP) is 4.68. The Bertz CT molecular complexity index is 627. The molecule has 19 heavy (non-hydrogen) atoms. The molecule has 6 heteroatoms. The Morgan fingerprint density at radius 3 is 2.89 bits per heavy atom. The molecule has 1 N–H and O–H groups in total. The molecule has 1 amide bonds. The van der Waals surface area contributed by atoms with Crippen molar-refractivity contribution >= 4 is 49.9 Å². The average Bonchev–Trinajstić information content (AvgIpc) is 2.72. The standard InChI is InChI=1S/C13H12BrClN2OS/c1-3-11-7(2)19-13(16-11)17-12(18)9-6-8(15)4-5-10(9)14/h4-6H,3H2,1-2H3,(H,16,17,18). The highest BCUT2D eigenvalue weighted by Crippen LogP contribution is 2.25. The van der Waals surface area contributed by atoms with Crippen LogP contribution < -0.4 is 5.32 Å². The number of carbonyl (C=O) groups is 1. The maximum Gasteiger partial charge on any atom is 0.258 e. The van der Waals surface area contributed by atoms with Gasteiger partial charge < -0.3 is 0 Å². The highest BCUT2D eigenvalue weighted by molar-refractivity contribution is 9.10. The number of hydrogen-bond donors (Lipinski definition) is 1. The van der Waals surface area contributed by atoms with Gasteiger partial charge in [-0.1, -0.05) is 18.5 Å². The van der Waals surface area contributed by atoms with Crippen LogP contribution >= 0.6 is 38.9 Å². The lowest BCUT2D eigenvalue weighted by Crippen LogP contribution is -2.12. The molecule has 2 aromatic rings. The molecule has 3 nitrogen and oxygen atoms in total. The zero-order valence-corrected chi connectivity index (χ0v) is 13.6. The molecule has 0 saturated heterocycles. The first kappa shape index (κ1) is 14.5. The largest absolute Gasteiger partial charge is 0.298 e. The first-order valence-electron chi connectivity index (χ1n) is 5.74. The van der Waals surface area contributed by atoms with E-state index in [2.05, 4.69) is 26.2 Å². The SMILES string of the molecule is CCc1nc(NC(=O)c2cc(Cl)ccc2Br)sc1C. The van der Waals surface area contributed by atoms with Gasteiger partial charge in [0, 0.05) is 14.4 Å². The van der Waals surface area contributed by atoms with Gasteiger partial charge in [0.05, 0.1) is 11.3 Å². The van der Waals surface area contributed by atoms with Gasteiger partial charge in [0.15, 0.2) is 5.13 Å². The smallest absolute Gasteiger partial charge is 0.258 e. The summed E-state index contributed by atoms with van der Waals surface area (Å²) < 4.78 is 0.707. The van der Waals surface area contributed by atoms with Gasteiger partial charge >= 0.3 is 0 Å². The number of anilines is 1. The van der Waals surface area contributed by atoms with Crippen molar-refractivity contribution in [2.24, 2.45) is 0 Å². The lowest BCUT2D eigenvalue weighted by Gasteiger charge is -2.04. The minimum absolute atomic E-state index is 0.217. The van der Waals surface area contributed by atoms with Crippen molar-refractivity contribution in [1.82, 2.24) is 4.98 Å². The zero-order valence-electron chi connectivity index (χ0n) is 10.5. The molecule has 0 atom stereocenters. The summed E-state index contributed by atoms with van der Waals surface area (Å²) in [5.74, 6) is -0.217. The van der Waals surface area contributed by atoms with Gasteiger partial charge in [0.1, 0.15) is 0 Å². The van der Waals surface area contributed by atoms with Crippen molar-refractivity contribution in [3.63, 3.8) is 0 Å². The third-order valence-corrected chi connectivity index (χ3v) is 4.48. The van der Waals surface area contributed by atoms with Crippen LogP contribution in [0.25, 0.3) is 0 Å². The second-order valence-corrected chi connectivity index (χ2v) is 6.45. The van der Waals surface area contributed by atoms with Gasteiger partial charge in [-0.25, -0.2) is 4.98 Å². The van der Waals surface area contributed by atoms with Crippen LogP contribution in [0.15, 0.2) is 22.7 Å². The molecule has 0 unspecified atom stereocenters. The Labute approximate surface area is 129 Å². The molecule has 0 saturated carbocycles. The van der Waals surface area contributed by atoms with Crippen LogP contribution in [-0.2, 0) is 6.42 Å². The number of carbonyl (C=O) groups excluding carboxylic acids is 1. The highest BCUT2D eigenvalue weighted by atomic mass is 79.9. The fraction of sp³-hybridized carbons (Fsp3) is 0.231. The van der Waals surface area contributed by atoms with Gasteiger partial charge in [-0.05, 0) is 47.5 Å². The number of nitrogens with one attached hydrogen (secondary N) is 1. The second-order valence-electron chi connectivity index (χ2n) is 3.95. The Morgan fingerprint density at radius 2 is 2.26 bits per heavy atom. The van der Waals surface area contributed by atoms with E-state index in [1.165, 1.54) is 11.3 Å². The minimum atomic E-state index is -0.217. The summed E-state index contributed by atoms with van der Waals surface area (Å²) in [6.07, 6.45) is 0.860. The summed E-state index contributed by atoms with van der Waals surface area (Å²) in [5.41, 5.74) is 1.52. The minimum Gasteiger partial charge on any atom is -0.298 e. The molecule has 0 fully saturated rings. The quantitative estimate of drug-likeness (QED) is 0.864. The van der Waals surface area contributed by atoms with Gasteiger partial charge in [-0.2, -0.15) is 0 Å². The highest BCUT2D eigenvalue weighted by Gasteiger charge is 2.14.